The zero-order chi connectivity index (χ0) is 13.9. The quantitative estimate of drug-likeness (QED) is 0.894. The second kappa shape index (κ2) is 5.71. The van der Waals surface area contributed by atoms with Crippen molar-refractivity contribution in [3.63, 3.8) is 0 Å². The van der Waals surface area contributed by atoms with Crippen LogP contribution in [0.3, 0.4) is 0 Å². The van der Waals surface area contributed by atoms with E-state index in [1.165, 1.54) is 31.2 Å². The number of rotatable bonds is 4. The Morgan fingerprint density at radius 2 is 1.83 bits per heavy atom. The van der Waals surface area contributed by atoms with Gasteiger partial charge in [0.2, 0.25) is 0 Å². The highest BCUT2D eigenvalue weighted by atomic mass is 79.9. The molecule has 0 spiro atoms. The van der Waals surface area contributed by atoms with Gasteiger partial charge in [0.1, 0.15) is 12.1 Å². The van der Waals surface area contributed by atoms with Crippen molar-refractivity contribution in [1.29, 1.82) is 0 Å². The van der Waals surface area contributed by atoms with Crippen LogP contribution in [-0.4, -0.2) is 23.3 Å². The summed E-state index contributed by atoms with van der Waals surface area (Å²) in [6.45, 7) is 1.17. The lowest BCUT2D eigenvalue weighted by Gasteiger charge is -2.24. The lowest BCUT2D eigenvalue weighted by molar-refractivity contribution is -0.162. The van der Waals surface area contributed by atoms with Gasteiger partial charge in [0.15, 0.2) is 0 Å². The first-order valence-electron chi connectivity index (χ1n) is 5.03. The molecule has 0 heterocycles. The Kier molecular flexibility index (Phi) is 4.75. The molecule has 100 valence electrons. The van der Waals surface area contributed by atoms with Crippen LogP contribution in [0.15, 0.2) is 28.7 Å². The van der Waals surface area contributed by atoms with E-state index in [2.05, 4.69) is 21.2 Å². The second-order valence-electron chi connectivity index (χ2n) is 3.75. The molecule has 0 aliphatic carbocycles. The molecular formula is C11H11BrF3NO2. The monoisotopic (exact) mass is 325 g/mol. The lowest BCUT2D eigenvalue weighted by Crippen LogP contribution is -2.43. The third-order valence-electron chi connectivity index (χ3n) is 2.32. The van der Waals surface area contributed by atoms with Gasteiger partial charge in [0.05, 0.1) is 0 Å². The Labute approximate surface area is 110 Å². The van der Waals surface area contributed by atoms with Crippen LogP contribution in [0.4, 0.5) is 13.2 Å². The van der Waals surface area contributed by atoms with E-state index in [0.29, 0.717) is 4.47 Å². The van der Waals surface area contributed by atoms with Crippen molar-refractivity contribution in [2.75, 3.05) is 0 Å². The van der Waals surface area contributed by atoms with Crippen molar-refractivity contribution in [2.45, 2.75) is 25.2 Å². The Morgan fingerprint density at radius 3 is 2.22 bits per heavy atom. The van der Waals surface area contributed by atoms with E-state index in [0.717, 1.165) is 0 Å². The molecule has 18 heavy (non-hydrogen) atoms. The summed E-state index contributed by atoms with van der Waals surface area (Å²) in [4.78, 5) is 10.6. The van der Waals surface area contributed by atoms with Crippen LogP contribution in [0.25, 0.3) is 0 Å². The predicted octanol–water partition coefficient (Wildman–Crippen LogP) is 3.12. The minimum Gasteiger partial charge on any atom is -0.480 e. The maximum absolute atomic E-state index is 12.9. The Balaban J connectivity index is 2.99. The minimum atomic E-state index is -4.56. The molecule has 0 unspecified atom stereocenters. The van der Waals surface area contributed by atoms with Gasteiger partial charge in [-0.15, -0.1) is 0 Å². The molecule has 0 aliphatic heterocycles. The predicted molar refractivity (Wildman–Crippen MR) is 63.2 cm³/mol. The van der Waals surface area contributed by atoms with Crippen LogP contribution in [0.5, 0.6) is 0 Å². The van der Waals surface area contributed by atoms with E-state index in [-0.39, 0.29) is 5.56 Å². The first-order chi connectivity index (χ1) is 8.21. The van der Waals surface area contributed by atoms with Crippen molar-refractivity contribution in [3.05, 3.63) is 34.3 Å². The topological polar surface area (TPSA) is 49.3 Å². The highest BCUT2D eigenvalue weighted by Crippen LogP contribution is 2.33. The number of carboxylic acid groups (broad SMARTS) is 1. The van der Waals surface area contributed by atoms with Gasteiger partial charge in [-0.05, 0) is 24.6 Å². The number of hydrogen-bond acceptors (Lipinski definition) is 2. The Hall–Kier alpha value is -1.08. The van der Waals surface area contributed by atoms with Gasteiger partial charge in [0.25, 0.3) is 0 Å². The smallest absolute Gasteiger partial charge is 0.407 e. The van der Waals surface area contributed by atoms with Gasteiger partial charge in [0, 0.05) is 4.47 Å². The van der Waals surface area contributed by atoms with Crippen LogP contribution >= 0.6 is 15.9 Å². The number of carboxylic acids is 1. The standard InChI is InChI=1S/C11H11BrF3NO2/c1-6(10(17)18)16-9(11(13,14)15)7-2-4-8(12)5-3-7/h2-6,9,16H,1H3,(H,17,18)/t6-,9-/m0/s1. The summed E-state index contributed by atoms with van der Waals surface area (Å²) < 4.78 is 39.2. The average Bonchev–Trinajstić information content (AvgIpc) is 2.25. The fourth-order valence-corrected chi connectivity index (χ4v) is 1.62. The molecule has 0 saturated carbocycles. The maximum atomic E-state index is 12.9. The van der Waals surface area contributed by atoms with E-state index in [1.807, 2.05) is 0 Å². The third kappa shape index (κ3) is 3.99. The zero-order valence-corrected chi connectivity index (χ0v) is 10.9. The molecule has 3 nitrogen and oxygen atoms in total. The fourth-order valence-electron chi connectivity index (χ4n) is 1.36. The van der Waals surface area contributed by atoms with Crippen LogP contribution in [-0.2, 0) is 4.79 Å². The van der Waals surface area contributed by atoms with Crippen molar-refractivity contribution in [1.82, 2.24) is 5.32 Å². The molecule has 0 radical (unpaired) electrons. The van der Waals surface area contributed by atoms with Crippen molar-refractivity contribution in [2.24, 2.45) is 0 Å². The van der Waals surface area contributed by atoms with Gasteiger partial charge in [-0.2, -0.15) is 13.2 Å². The first-order valence-corrected chi connectivity index (χ1v) is 5.82. The molecule has 2 atom stereocenters. The fraction of sp³-hybridized carbons (Fsp3) is 0.364. The first kappa shape index (κ1) is 15.0. The Morgan fingerprint density at radius 1 is 1.33 bits per heavy atom. The molecule has 2 N–H and O–H groups in total. The highest BCUT2D eigenvalue weighted by Gasteiger charge is 2.42. The zero-order valence-electron chi connectivity index (χ0n) is 9.33. The second-order valence-corrected chi connectivity index (χ2v) is 4.67. The van der Waals surface area contributed by atoms with Crippen LogP contribution < -0.4 is 5.32 Å². The summed E-state index contributed by atoms with van der Waals surface area (Å²) in [7, 11) is 0. The molecule has 0 aliphatic rings. The normalized spacial score (nSPS) is 15.2. The van der Waals surface area contributed by atoms with Gasteiger partial charge in [-0.1, -0.05) is 28.1 Å². The number of alkyl halides is 3. The molecule has 1 rings (SSSR count). The van der Waals surface area contributed by atoms with Crippen LogP contribution in [0.1, 0.15) is 18.5 Å². The SMILES string of the molecule is C[C@H](N[C@@H](c1ccc(Br)cc1)C(F)(F)F)C(=O)O. The minimum absolute atomic E-state index is 0.0289. The van der Waals surface area contributed by atoms with E-state index < -0.39 is 24.2 Å². The van der Waals surface area contributed by atoms with Gasteiger partial charge in [-0.3, -0.25) is 10.1 Å². The average molecular weight is 326 g/mol. The number of hydrogen-bond donors (Lipinski definition) is 2. The van der Waals surface area contributed by atoms with E-state index >= 15 is 0 Å². The van der Waals surface area contributed by atoms with Crippen molar-refractivity contribution >= 4 is 21.9 Å². The van der Waals surface area contributed by atoms with Gasteiger partial charge < -0.3 is 5.11 Å². The molecule has 0 aromatic heterocycles. The molecule has 7 heteroatoms. The molecule has 1 aromatic rings. The maximum Gasteiger partial charge on any atom is 0.407 e. The lowest BCUT2D eigenvalue weighted by atomic mass is 10.1. The number of halogens is 4. The summed E-state index contributed by atoms with van der Waals surface area (Å²) in [6.07, 6.45) is -4.56. The molecular weight excluding hydrogens is 315 g/mol. The number of benzene rings is 1. The van der Waals surface area contributed by atoms with E-state index in [4.69, 9.17) is 5.11 Å². The van der Waals surface area contributed by atoms with Crippen molar-refractivity contribution in [3.8, 4) is 0 Å². The summed E-state index contributed by atoms with van der Waals surface area (Å²) in [5.41, 5.74) is -0.0289. The van der Waals surface area contributed by atoms with Gasteiger partial charge >= 0.3 is 12.1 Å². The summed E-state index contributed by atoms with van der Waals surface area (Å²) in [5, 5.41) is 10.7. The highest BCUT2D eigenvalue weighted by molar-refractivity contribution is 9.10. The Bertz CT molecular complexity index is 419. The summed E-state index contributed by atoms with van der Waals surface area (Å²) in [5.74, 6) is -1.33. The van der Waals surface area contributed by atoms with E-state index in [9.17, 15) is 18.0 Å². The molecule has 0 amide bonds. The molecule has 0 bridgehead atoms. The molecule has 1 aromatic carbocycles. The number of carbonyl (C=O) groups is 1. The molecule has 0 fully saturated rings. The third-order valence-corrected chi connectivity index (χ3v) is 2.85. The largest absolute Gasteiger partial charge is 0.480 e. The number of nitrogens with one attached hydrogen (secondary N) is 1. The molecule has 0 saturated heterocycles. The summed E-state index contributed by atoms with van der Waals surface area (Å²) in [6, 6.07) is 2.24. The van der Waals surface area contributed by atoms with Crippen LogP contribution in [0, 0.1) is 0 Å². The van der Waals surface area contributed by atoms with Crippen LogP contribution in [0.2, 0.25) is 0 Å². The summed E-state index contributed by atoms with van der Waals surface area (Å²) >= 11 is 3.12. The van der Waals surface area contributed by atoms with E-state index in [1.54, 1.807) is 0 Å². The van der Waals surface area contributed by atoms with Gasteiger partial charge in [-0.25, -0.2) is 0 Å². The van der Waals surface area contributed by atoms with Crippen molar-refractivity contribution < 1.29 is 23.1 Å². The number of aliphatic carboxylic acids is 1.